The number of anilines is 1. The zero-order chi connectivity index (χ0) is 18.1. The molecule has 2 aromatic carbocycles. The normalized spacial score (nSPS) is 10.3. The Balaban J connectivity index is 1.72. The van der Waals surface area contributed by atoms with Crippen molar-refractivity contribution in [3.05, 3.63) is 65.5 Å². The van der Waals surface area contributed by atoms with E-state index in [1.807, 2.05) is 0 Å². The molecule has 2 N–H and O–H groups in total. The molecular weight excluding hydrogens is 323 g/mol. The van der Waals surface area contributed by atoms with Crippen LogP contribution in [0.2, 0.25) is 0 Å². The van der Waals surface area contributed by atoms with Crippen LogP contribution in [0.25, 0.3) is 0 Å². The second-order valence-electron chi connectivity index (χ2n) is 5.46. The van der Waals surface area contributed by atoms with E-state index in [-0.39, 0.29) is 18.1 Å². The second-order valence-corrected chi connectivity index (χ2v) is 5.46. The number of amides is 1. The van der Waals surface area contributed by atoms with E-state index in [1.165, 1.54) is 19.2 Å². The van der Waals surface area contributed by atoms with Gasteiger partial charge in [-0.2, -0.15) is 0 Å². The van der Waals surface area contributed by atoms with Crippen molar-refractivity contribution in [2.24, 2.45) is 0 Å². The number of esters is 1. The highest BCUT2D eigenvalue weighted by molar-refractivity contribution is 6.01. The highest BCUT2D eigenvalue weighted by atomic mass is 19.1. The van der Waals surface area contributed by atoms with Gasteiger partial charge in [-0.05, 0) is 42.8 Å². The molecule has 0 saturated carbocycles. The standard InChI is InChI=1S/C19H21FN2O3/c1-25-19(24)16-4-2-3-5-17(16)22-18(23)11-13-21-12-10-14-6-8-15(20)9-7-14/h2-9,21H,10-13H2,1H3,(H,22,23). The molecule has 132 valence electrons. The molecule has 2 rings (SSSR count). The van der Waals surface area contributed by atoms with Crippen LogP contribution in [-0.4, -0.2) is 32.1 Å². The molecule has 0 spiro atoms. The van der Waals surface area contributed by atoms with E-state index in [0.717, 1.165) is 12.0 Å². The maximum atomic E-state index is 12.8. The van der Waals surface area contributed by atoms with Crippen LogP contribution in [0, 0.1) is 5.82 Å². The Morgan fingerprint density at radius 2 is 1.76 bits per heavy atom. The van der Waals surface area contributed by atoms with Crippen LogP contribution in [0.15, 0.2) is 48.5 Å². The quantitative estimate of drug-likeness (QED) is 0.571. The summed E-state index contributed by atoms with van der Waals surface area (Å²) in [5, 5.41) is 5.89. The third kappa shape index (κ3) is 6.00. The minimum atomic E-state index is -0.492. The highest BCUT2D eigenvalue weighted by Crippen LogP contribution is 2.16. The predicted octanol–water partition coefficient (Wildman–Crippen LogP) is 2.77. The number of benzene rings is 2. The lowest BCUT2D eigenvalue weighted by atomic mass is 10.1. The molecular formula is C19H21FN2O3. The van der Waals surface area contributed by atoms with Crippen LogP contribution < -0.4 is 10.6 Å². The summed E-state index contributed by atoms with van der Waals surface area (Å²) < 4.78 is 17.5. The van der Waals surface area contributed by atoms with E-state index < -0.39 is 5.97 Å². The summed E-state index contributed by atoms with van der Waals surface area (Å²) in [6.45, 7) is 1.20. The Labute approximate surface area is 146 Å². The van der Waals surface area contributed by atoms with E-state index >= 15 is 0 Å². The molecule has 0 atom stereocenters. The molecule has 0 radical (unpaired) electrons. The molecule has 0 heterocycles. The second kappa shape index (κ2) is 9.54. The lowest BCUT2D eigenvalue weighted by molar-refractivity contribution is -0.116. The Hall–Kier alpha value is -2.73. The number of halogens is 1. The number of hydrogen-bond acceptors (Lipinski definition) is 4. The van der Waals surface area contributed by atoms with E-state index in [9.17, 15) is 14.0 Å². The highest BCUT2D eigenvalue weighted by Gasteiger charge is 2.12. The van der Waals surface area contributed by atoms with Gasteiger partial charge in [0.15, 0.2) is 0 Å². The Bertz CT molecular complexity index is 717. The molecule has 0 aliphatic carbocycles. The maximum Gasteiger partial charge on any atom is 0.339 e. The SMILES string of the molecule is COC(=O)c1ccccc1NC(=O)CCNCCc1ccc(F)cc1. The monoisotopic (exact) mass is 344 g/mol. The molecule has 25 heavy (non-hydrogen) atoms. The van der Waals surface area contributed by atoms with E-state index in [0.29, 0.717) is 24.3 Å². The number of carbonyl (C=O) groups is 2. The molecule has 2 aromatic rings. The largest absolute Gasteiger partial charge is 0.465 e. The zero-order valence-corrected chi connectivity index (χ0v) is 14.0. The first kappa shape index (κ1) is 18.6. The molecule has 0 aromatic heterocycles. The van der Waals surface area contributed by atoms with Gasteiger partial charge in [0.05, 0.1) is 18.4 Å². The van der Waals surface area contributed by atoms with Crippen LogP contribution in [0.3, 0.4) is 0 Å². The van der Waals surface area contributed by atoms with Gasteiger partial charge in [-0.25, -0.2) is 9.18 Å². The van der Waals surface area contributed by atoms with Gasteiger partial charge in [0.1, 0.15) is 5.82 Å². The first-order valence-electron chi connectivity index (χ1n) is 8.02. The van der Waals surface area contributed by atoms with Crippen molar-refractivity contribution >= 4 is 17.6 Å². The summed E-state index contributed by atoms with van der Waals surface area (Å²) in [5.74, 6) is -0.931. The van der Waals surface area contributed by atoms with Gasteiger partial charge in [0.25, 0.3) is 0 Å². The Morgan fingerprint density at radius 1 is 1.04 bits per heavy atom. The zero-order valence-electron chi connectivity index (χ0n) is 14.0. The molecule has 0 aliphatic heterocycles. The van der Waals surface area contributed by atoms with Crippen LogP contribution in [-0.2, 0) is 16.0 Å². The Kier molecular flexibility index (Phi) is 7.10. The number of carbonyl (C=O) groups excluding carboxylic acids is 2. The summed E-state index contributed by atoms with van der Waals surface area (Å²) in [7, 11) is 1.30. The number of para-hydroxylation sites is 1. The van der Waals surface area contributed by atoms with Crippen molar-refractivity contribution in [1.29, 1.82) is 0 Å². The lowest BCUT2D eigenvalue weighted by Crippen LogP contribution is -2.24. The third-order valence-electron chi connectivity index (χ3n) is 3.64. The van der Waals surface area contributed by atoms with Crippen molar-refractivity contribution in [3.8, 4) is 0 Å². The lowest BCUT2D eigenvalue weighted by Gasteiger charge is -2.10. The van der Waals surface area contributed by atoms with Gasteiger partial charge < -0.3 is 15.4 Å². The van der Waals surface area contributed by atoms with Crippen molar-refractivity contribution < 1.29 is 18.7 Å². The molecule has 5 nitrogen and oxygen atoms in total. The molecule has 0 aliphatic rings. The summed E-state index contributed by atoms with van der Waals surface area (Å²) in [5.41, 5.74) is 1.79. The first-order valence-corrected chi connectivity index (χ1v) is 8.02. The fourth-order valence-electron chi connectivity index (χ4n) is 2.30. The minimum Gasteiger partial charge on any atom is -0.465 e. The fourth-order valence-corrected chi connectivity index (χ4v) is 2.30. The average Bonchev–Trinajstić information content (AvgIpc) is 2.63. The molecule has 6 heteroatoms. The van der Waals surface area contributed by atoms with E-state index in [1.54, 1.807) is 36.4 Å². The number of methoxy groups -OCH3 is 1. The van der Waals surface area contributed by atoms with Crippen LogP contribution >= 0.6 is 0 Å². The van der Waals surface area contributed by atoms with Crippen molar-refractivity contribution in [3.63, 3.8) is 0 Å². The molecule has 0 unspecified atom stereocenters. The third-order valence-corrected chi connectivity index (χ3v) is 3.64. The summed E-state index contributed by atoms with van der Waals surface area (Å²) >= 11 is 0. The maximum absolute atomic E-state index is 12.8. The number of rotatable bonds is 8. The summed E-state index contributed by atoms with van der Waals surface area (Å²) in [6.07, 6.45) is 1.03. The first-order chi connectivity index (χ1) is 12.1. The predicted molar refractivity (Wildman–Crippen MR) is 94.0 cm³/mol. The van der Waals surface area contributed by atoms with Gasteiger partial charge in [0.2, 0.25) is 5.91 Å². The van der Waals surface area contributed by atoms with Crippen LogP contribution in [0.5, 0.6) is 0 Å². The average molecular weight is 344 g/mol. The van der Waals surface area contributed by atoms with Crippen LogP contribution in [0.4, 0.5) is 10.1 Å². The minimum absolute atomic E-state index is 0.189. The topological polar surface area (TPSA) is 67.4 Å². The number of hydrogen-bond donors (Lipinski definition) is 2. The Morgan fingerprint density at radius 3 is 2.48 bits per heavy atom. The van der Waals surface area contributed by atoms with Crippen molar-refractivity contribution in [2.45, 2.75) is 12.8 Å². The van der Waals surface area contributed by atoms with E-state index in [2.05, 4.69) is 10.6 Å². The molecule has 1 amide bonds. The van der Waals surface area contributed by atoms with Gasteiger partial charge in [-0.1, -0.05) is 24.3 Å². The molecule has 0 bridgehead atoms. The summed E-state index contributed by atoms with van der Waals surface area (Å²) in [6, 6.07) is 13.1. The molecule has 0 saturated heterocycles. The summed E-state index contributed by atoms with van der Waals surface area (Å²) in [4.78, 5) is 23.7. The smallest absolute Gasteiger partial charge is 0.339 e. The molecule has 0 fully saturated rings. The van der Waals surface area contributed by atoms with Gasteiger partial charge in [0, 0.05) is 13.0 Å². The van der Waals surface area contributed by atoms with Crippen molar-refractivity contribution in [2.75, 3.05) is 25.5 Å². The van der Waals surface area contributed by atoms with E-state index in [4.69, 9.17) is 4.74 Å². The van der Waals surface area contributed by atoms with Crippen LogP contribution in [0.1, 0.15) is 22.3 Å². The van der Waals surface area contributed by atoms with Crippen molar-refractivity contribution in [1.82, 2.24) is 5.32 Å². The van der Waals surface area contributed by atoms with Gasteiger partial charge in [-0.3, -0.25) is 4.79 Å². The number of nitrogens with one attached hydrogen (secondary N) is 2. The van der Waals surface area contributed by atoms with Gasteiger partial charge in [-0.15, -0.1) is 0 Å². The number of ether oxygens (including phenoxy) is 1. The van der Waals surface area contributed by atoms with Gasteiger partial charge >= 0.3 is 5.97 Å². The fraction of sp³-hybridized carbons (Fsp3) is 0.263.